The smallest absolute Gasteiger partial charge is 0.303 e. The Labute approximate surface area is 154 Å². The average Bonchev–Trinajstić information content (AvgIpc) is 2.56. The molecule has 0 bridgehead atoms. The summed E-state index contributed by atoms with van der Waals surface area (Å²) in [7, 11) is 0. The molecule has 0 radical (unpaired) electrons. The van der Waals surface area contributed by atoms with E-state index >= 15 is 0 Å². The van der Waals surface area contributed by atoms with Gasteiger partial charge in [-0.2, -0.15) is 0 Å². The number of carboxylic acid groups (broad SMARTS) is 2. The molecule has 26 heavy (non-hydrogen) atoms. The maximum atomic E-state index is 10.4. The normalized spacial score (nSPS) is 14.7. The molecule has 0 aliphatic carbocycles. The number of carbonyl (C=O) groups is 2. The van der Waals surface area contributed by atoms with Crippen molar-refractivity contribution in [1.82, 2.24) is 0 Å². The van der Waals surface area contributed by atoms with Crippen LogP contribution < -0.4 is 0 Å². The number of hydrogen-bond donors (Lipinski definition) is 4. The van der Waals surface area contributed by atoms with Crippen LogP contribution >= 0.6 is 0 Å². The predicted octanol–water partition coefficient (Wildman–Crippen LogP) is 3.22. The summed E-state index contributed by atoms with van der Waals surface area (Å²) in [5.74, 6) is -1.64. The second kappa shape index (κ2) is 16.3. The zero-order valence-electron chi connectivity index (χ0n) is 15.0. The molecule has 4 N–H and O–H groups in total. The molecule has 0 fully saturated rings. The Kier molecular flexibility index (Phi) is 14.9. The van der Waals surface area contributed by atoms with Crippen LogP contribution in [-0.4, -0.2) is 44.6 Å². The number of allylic oxidation sites excluding steroid dienone is 5. The van der Waals surface area contributed by atoms with Crippen molar-refractivity contribution in [2.75, 3.05) is 0 Å². The molecule has 0 aliphatic rings. The van der Waals surface area contributed by atoms with Crippen molar-refractivity contribution in [2.45, 2.75) is 63.6 Å². The standard InChI is InChI=1S/C20H30O6/c21-17(11-6-2-1-3-9-15-19(23)24)12-7-4-5-8-13-18(22)14-10-16-20(25)26/h2,4-8,12-13,17-18,21-22H,1,3,9-11,14-16H2,(H,23,24)(H,25,26)/b5-4+,6-2-,12-7+,13-8-/t17-,18-/m0/s1. The second-order valence-corrected chi connectivity index (χ2v) is 5.92. The van der Waals surface area contributed by atoms with Gasteiger partial charge in [0.2, 0.25) is 0 Å². The largest absolute Gasteiger partial charge is 0.481 e. The highest BCUT2D eigenvalue weighted by atomic mass is 16.4. The van der Waals surface area contributed by atoms with Crippen molar-refractivity contribution >= 4 is 11.9 Å². The van der Waals surface area contributed by atoms with Gasteiger partial charge >= 0.3 is 11.9 Å². The molecule has 0 rings (SSSR count). The van der Waals surface area contributed by atoms with E-state index in [4.69, 9.17) is 10.2 Å². The number of aliphatic hydroxyl groups is 2. The quantitative estimate of drug-likeness (QED) is 0.201. The zero-order chi connectivity index (χ0) is 19.6. The third-order valence-electron chi connectivity index (χ3n) is 3.45. The second-order valence-electron chi connectivity index (χ2n) is 5.92. The molecule has 0 saturated heterocycles. The van der Waals surface area contributed by atoms with Gasteiger partial charge in [-0.3, -0.25) is 9.59 Å². The molecule has 6 heteroatoms. The first-order chi connectivity index (χ1) is 12.4. The van der Waals surface area contributed by atoms with Crippen molar-refractivity contribution in [3.8, 4) is 0 Å². The molecule has 0 unspecified atom stereocenters. The third kappa shape index (κ3) is 18.2. The SMILES string of the molecule is O=C(O)CCCC/C=C\C[C@H](O)/C=C/C=C/C=C\[C@H](O)CCCC(=O)O. The van der Waals surface area contributed by atoms with Crippen LogP contribution in [0.3, 0.4) is 0 Å². The molecule has 0 aromatic carbocycles. The van der Waals surface area contributed by atoms with E-state index in [1.54, 1.807) is 36.5 Å². The summed E-state index contributed by atoms with van der Waals surface area (Å²) in [4.78, 5) is 20.7. The Bertz CT molecular complexity index is 504. The van der Waals surface area contributed by atoms with Gasteiger partial charge in [-0.25, -0.2) is 0 Å². The van der Waals surface area contributed by atoms with Crippen molar-refractivity contribution in [3.63, 3.8) is 0 Å². The third-order valence-corrected chi connectivity index (χ3v) is 3.45. The lowest BCUT2D eigenvalue weighted by Crippen LogP contribution is -2.03. The first kappa shape index (κ1) is 23.8. The van der Waals surface area contributed by atoms with Crippen molar-refractivity contribution in [2.24, 2.45) is 0 Å². The van der Waals surface area contributed by atoms with Crippen molar-refractivity contribution in [3.05, 3.63) is 48.6 Å². The van der Waals surface area contributed by atoms with Gasteiger partial charge in [0.1, 0.15) is 0 Å². The molecule has 0 aromatic rings. The number of rotatable bonds is 15. The van der Waals surface area contributed by atoms with E-state index in [-0.39, 0.29) is 12.8 Å². The maximum Gasteiger partial charge on any atom is 0.303 e. The molecular formula is C20H30O6. The molecule has 146 valence electrons. The number of unbranched alkanes of at least 4 members (excludes halogenated alkanes) is 2. The van der Waals surface area contributed by atoms with E-state index in [1.807, 2.05) is 12.2 Å². The fourth-order valence-electron chi connectivity index (χ4n) is 2.04. The zero-order valence-corrected chi connectivity index (χ0v) is 15.0. The van der Waals surface area contributed by atoms with E-state index in [1.165, 1.54) is 0 Å². The number of hydrogen-bond acceptors (Lipinski definition) is 4. The van der Waals surface area contributed by atoms with E-state index in [2.05, 4.69) is 0 Å². The maximum absolute atomic E-state index is 10.4. The fraction of sp³-hybridized carbons (Fsp3) is 0.500. The van der Waals surface area contributed by atoms with E-state index in [0.717, 1.165) is 12.8 Å². The van der Waals surface area contributed by atoms with Crippen LogP contribution in [-0.2, 0) is 9.59 Å². The molecule has 0 aliphatic heterocycles. The molecule has 2 atom stereocenters. The Morgan fingerprint density at radius 2 is 1.31 bits per heavy atom. The molecule has 0 amide bonds. The van der Waals surface area contributed by atoms with Crippen LogP contribution in [0.5, 0.6) is 0 Å². The lowest BCUT2D eigenvalue weighted by atomic mass is 10.1. The minimum absolute atomic E-state index is 0.0537. The summed E-state index contributed by atoms with van der Waals surface area (Å²) in [6.45, 7) is 0. The lowest BCUT2D eigenvalue weighted by molar-refractivity contribution is -0.138. The van der Waals surface area contributed by atoms with Gasteiger partial charge in [0.25, 0.3) is 0 Å². The van der Waals surface area contributed by atoms with Crippen LogP contribution in [0.25, 0.3) is 0 Å². The molecule has 0 heterocycles. The van der Waals surface area contributed by atoms with Crippen LogP contribution in [0.2, 0.25) is 0 Å². The highest BCUT2D eigenvalue weighted by Gasteiger charge is 2.01. The number of carboxylic acids is 2. The monoisotopic (exact) mass is 366 g/mol. The van der Waals surface area contributed by atoms with Crippen molar-refractivity contribution < 1.29 is 30.0 Å². The topological polar surface area (TPSA) is 115 Å². The summed E-state index contributed by atoms with van der Waals surface area (Å²) >= 11 is 0. The summed E-state index contributed by atoms with van der Waals surface area (Å²) in [6, 6.07) is 0. The molecule has 0 saturated carbocycles. The minimum atomic E-state index is -0.863. The first-order valence-corrected chi connectivity index (χ1v) is 8.88. The van der Waals surface area contributed by atoms with Crippen LogP contribution in [0, 0.1) is 0 Å². The van der Waals surface area contributed by atoms with Crippen LogP contribution in [0.4, 0.5) is 0 Å². The van der Waals surface area contributed by atoms with E-state index in [9.17, 15) is 19.8 Å². The van der Waals surface area contributed by atoms with Gasteiger partial charge in [-0.1, -0.05) is 48.6 Å². The molecule has 0 aromatic heterocycles. The van der Waals surface area contributed by atoms with Gasteiger partial charge in [0.15, 0.2) is 0 Å². The Morgan fingerprint density at radius 3 is 1.92 bits per heavy atom. The minimum Gasteiger partial charge on any atom is -0.481 e. The van der Waals surface area contributed by atoms with E-state index in [0.29, 0.717) is 25.7 Å². The number of aliphatic hydroxyl groups excluding tert-OH is 2. The fourth-order valence-corrected chi connectivity index (χ4v) is 2.04. The lowest BCUT2D eigenvalue weighted by Gasteiger charge is -2.02. The first-order valence-electron chi connectivity index (χ1n) is 8.88. The Hall–Kier alpha value is -2.18. The van der Waals surface area contributed by atoms with E-state index < -0.39 is 24.1 Å². The Morgan fingerprint density at radius 1 is 0.731 bits per heavy atom. The van der Waals surface area contributed by atoms with Crippen molar-refractivity contribution in [1.29, 1.82) is 0 Å². The molecular weight excluding hydrogens is 336 g/mol. The Balaban J connectivity index is 3.80. The molecule has 6 nitrogen and oxygen atoms in total. The van der Waals surface area contributed by atoms with Gasteiger partial charge in [-0.05, 0) is 38.5 Å². The summed E-state index contributed by atoms with van der Waals surface area (Å²) < 4.78 is 0. The summed E-state index contributed by atoms with van der Waals surface area (Å²) in [6.07, 6.45) is 16.6. The van der Waals surface area contributed by atoms with Crippen LogP contribution in [0.15, 0.2) is 48.6 Å². The predicted molar refractivity (Wildman–Crippen MR) is 101 cm³/mol. The van der Waals surface area contributed by atoms with Gasteiger partial charge < -0.3 is 20.4 Å². The van der Waals surface area contributed by atoms with Crippen LogP contribution in [0.1, 0.15) is 51.4 Å². The highest BCUT2D eigenvalue weighted by Crippen LogP contribution is 2.04. The van der Waals surface area contributed by atoms with Gasteiger partial charge in [-0.15, -0.1) is 0 Å². The summed E-state index contributed by atoms with van der Waals surface area (Å²) in [5, 5.41) is 36.4. The highest BCUT2D eigenvalue weighted by molar-refractivity contribution is 5.66. The number of aliphatic carboxylic acids is 2. The average molecular weight is 366 g/mol. The van der Waals surface area contributed by atoms with Gasteiger partial charge in [0, 0.05) is 12.8 Å². The summed E-state index contributed by atoms with van der Waals surface area (Å²) in [5.41, 5.74) is 0. The van der Waals surface area contributed by atoms with Gasteiger partial charge in [0.05, 0.1) is 12.2 Å². The molecule has 0 spiro atoms.